The quantitative estimate of drug-likeness (QED) is 0.797. The van der Waals surface area contributed by atoms with E-state index in [1.807, 2.05) is 6.20 Å². The largest absolute Gasteiger partial charge is 0.385 e. The van der Waals surface area contributed by atoms with Gasteiger partial charge < -0.3 is 4.74 Å². The number of methoxy groups -OCH3 is 1. The van der Waals surface area contributed by atoms with Crippen molar-refractivity contribution in [3.63, 3.8) is 0 Å². The Hall–Kier alpha value is -0.870. The first-order valence-corrected chi connectivity index (χ1v) is 6.64. The van der Waals surface area contributed by atoms with Crippen LogP contribution >= 0.6 is 0 Å². The van der Waals surface area contributed by atoms with Crippen molar-refractivity contribution in [2.45, 2.75) is 44.3 Å². The van der Waals surface area contributed by atoms with Gasteiger partial charge in [-0.3, -0.25) is 9.58 Å². The minimum absolute atomic E-state index is 0.495. The Morgan fingerprint density at radius 2 is 2.35 bits per heavy atom. The highest BCUT2D eigenvalue weighted by atomic mass is 16.5. The molecule has 0 radical (unpaired) electrons. The molecule has 0 unspecified atom stereocenters. The highest BCUT2D eigenvalue weighted by Gasteiger charge is 2.32. The maximum absolute atomic E-state index is 5.21. The zero-order valence-electron chi connectivity index (χ0n) is 10.5. The first-order valence-electron chi connectivity index (χ1n) is 6.64. The van der Waals surface area contributed by atoms with Gasteiger partial charge in [-0.15, -0.1) is 0 Å². The highest BCUT2D eigenvalue weighted by molar-refractivity contribution is 5.06. The number of aromatic nitrogens is 2. The van der Waals surface area contributed by atoms with Crippen LogP contribution < -0.4 is 0 Å². The molecule has 94 valence electrons. The van der Waals surface area contributed by atoms with Crippen LogP contribution in [0.25, 0.3) is 0 Å². The molecule has 4 nitrogen and oxygen atoms in total. The minimum atomic E-state index is 0.495. The first-order chi connectivity index (χ1) is 8.38. The van der Waals surface area contributed by atoms with Crippen LogP contribution in [0, 0.1) is 0 Å². The summed E-state index contributed by atoms with van der Waals surface area (Å²) in [5, 5.41) is 4.46. The minimum Gasteiger partial charge on any atom is -0.385 e. The van der Waals surface area contributed by atoms with Crippen LogP contribution in [0.5, 0.6) is 0 Å². The molecule has 2 heterocycles. The zero-order chi connectivity index (χ0) is 11.7. The second-order valence-electron chi connectivity index (χ2n) is 5.22. The van der Waals surface area contributed by atoms with Gasteiger partial charge in [-0.1, -0.05) is 6.42 Å². The number of fused-ring (bicyclic) bond motifs is 1. The Morgan fingerprint density at radius 1 is 1.47 bits per heavy atom. The third kappa shape index (κ3) is 2.11. The lowest BCUT2D eigenvalue weighted by Crippen LogP contribution is -2.46. The summed E-state index contributed by atoms with van der Waals surface area (Å²) in [6, 6.07) is 3.47. The molecule has 1 aromatic heterocycles. The number of nitrogens with zero attached hydrogens (tertiary/aromatic N) is 3. The van der Waals surface area contributed by atoms with Crippen LogP contribution in [0.15, 0.2) is 12.3 Å². The maximum atomic E-state index is 5.21. The average molecular weight is 235 g/mol. The van der Waals surface area contributed by atoms with E-state index in [0.29, 0.717) is 6.04 Å². The van der Waals surface area contributed by atoms with Crippen LogP contribution in [-0.2, 0) is 11.3 Å². The molecule has 1 saturated carbocycles. The average Bonchev–Trinajstić information content (AvgIpc) is 2.71. The molecule has 1 aliphatic heterocycles. The molecule has 0 amide bonds. The van der Waals surface area contributed by atoms with E-state index >= 15 is 0 Å². The Morgan fingerprint density at radius 3 is 3.06 bits per heavy atom. The Labute approximate surface area is 103 Å². The number of hydrogen-bond donors (Lipinski definition) is 0. The van der Waals surface area contributed by atoms with E-state index in [0.717, 1.165) is 32.2 Å². The lowest BCUT2D eigenvalue weighted by atomic mass is 9.90. The van der Waals surface area contributed by atoms with Crippen LogP contribution in [0.4, 0.5) is 0 Å². The van der Waals surface area contributed by atoms with Crippen LogP contribution in [0.3, 0.4) is 0 Å². The van der Waals surface area contributed by atoms with Crippen molar-refractivity contribution in [1.82, 2.24) is 14.7 Å². The van der Waals surface area contributed by atoms with E-state index in [9.17, 15) is 0 Å². The van der Waals surface area contributed by atoms with Crippen molar-refractivity contribution in [2.75, 3.05) is 20.3 Å². The van der Waals surface area contributed by atoms with Crippen molar-refractivity contribution < 1.29 is 4.74 Å². The molecule has 0 spiro atoms. The van der Waals surface area contributed by atoms with Gasteiger partial charge in [0, 0.05) is 39.0 Å². The molecule has 4 heteroatoms. The second-order valence-corrected chi connectivity index (χ2v) is 5.22. The summed E-state index contributed by atoms with van der Waals surface area (Å²) < 4.78 is 7.42. The molecular weight excluding hydrogens is 214 g/mol. The lowest BCUT2D eigenvalue weighted by molar-refractivity contribution is 0.0636. The molecule has 3 rings (SSSR count). The van der Waals surface area contributed by atoms with E-state index in [1.54, 1.807) is 7.11 Å². The number of hydrogen-bond acceptors (Lipinski definition) is 3. The maximum Gasteiger partial charge on any atom is 0.0672 e. The molecule has 2 aliphatic rings. The van der Waals surface area contributed by atoms with Gasteiger partial charge in [0.1, 0.15) is 0 Å². The topological polar surface area (TPSA) is 30.3 Å². The van der Waals surface area contributed by atoms with Gasteiger partial charge in [0.05, 0.1) is 11.7 Å². The molecule has 0 aromatic carbocycles. The molecule has 1 aromatic rings. The summed E-state index contributed by atoms with van der Waals surface area (Å²) >= 11 is 0. The van der Waals surface area contributed by atoms with Crippen molar-refractivity contribution in [3.05, 3.63) is 18.0 Å². The molecule has 0 bridgehead atoms. The van der Waals surface area contributed by atoms with E-state index in [4.69, 9.17) is 4.74 Å². The fraction of sp³-hybridized carbons (Fsp3) is 0.769. The van der Waals surface area contributed by atoms with Crippen LogP contribution in [-0.4, -0.2) is 41.0 Å². The Bertz CT molecular complexity index is 372. The normalized spacial score (nSPS) is 25.6. The fourth-order valence-electron chi connectivity index (χ4n) is 2.91. The summed E-state index contributed by atoms with van der Waals surface area (Å²) in [5.41, 5.74) is 1.37. The standard InChI is InChI=1S/C13H21N3O/c1-17-8-6-13-10-15(11-3-2-4-11)9-12-5-7-14-16(12)13/h5,7,11,13H,2-4,6,8-10H2,1H3/t13-/m1/s1. The van der Waals surface area contributed by atoms with E-state index < -0.39 is 0 Å². The van der Waals surface area contributed by atoms with Crippen molar-refractivity contribution in [3.8, 4) is 0 Å². The second kappa shape index (κ2) is 4.78. The van der Waals surface area contributed by atoms with Crippen molar-refractivity contribution in [2.24, 2.45) is 0 Å². The van der Waals surface area contributed by atoms with Gasteiger partial charge in [0.15, 0.2) is 0 Å². The summed E-state index contributed by atoms with van der Waals surface area (Å²) in [7, 11) is 1.77. The smallest absolute Gasteiger partial charge is 0.0672 e. The monoisotopic (exact) mass is 235 g/mol. The van der Waals surface area contributed by atoms with Gasteiger partial charge in [-0.05, 0) is 25.3 Å². The van der Waals surface area contributed by atoms with E-state index in [-0.39, 0.29) is 0 Å². The Balaban J connectivity index is 1.74. The van der Waals surface area contributed by atoms with E-state index in [1.165, 1.54) is 25.0 Å². The molecule has 1 fully saturated rings. The van der Waals surface area contributed by atoms with E-state index in [2.05, 4.69) is 20.7 Å². The van der Waals surface area contributed by atoms with Gasteiger partial charge in [-0.25, -0.2) is 0 Å². The molecule has 1 atom stereocenters. The summed E-state index contributed by atoms with van der Waals surface area (Å²) in [6.07, 6.45) is 7.16. The zero-order valence-corrected chi connectivity index (χ0v) is 10.5. The molecule has 1 aliphatic carbocycles. The molecule has 0 saturated heterocycles. The third-order valence-corrected chi connectivity index (χ3v) is 4.15. The van der Waals surface area contributed by atoms with Crippen molar-refractivity contribution >= 4 is 0 Å². The first kappa shape index (κ1) is 11.2. The third-order valence-electron chi connectivity index (χ3n) is 4.15. The SMILES string of the molecule is COCC[C@@H]1CN(C2CCC2)Cc2ccnn21. The van der Waals surface area contributed by atoms with Crippen LogP contribution in [0.2, 0.25) is 0 Å². The highest BCUT2D eigenvalue weighted by Crippen LogP contribution is 2.31. The van der Waals surface area contributed by atoms with Gasteiger partial charge in [0.25, 0.3) is 0 Å². The molecule has 17 heavy (non-hydrogen) atoms. The fourth-order valence-corrected chi connectivity index (χ4v) is 2.91. The molecule has 0 N–H and O–H groups in total. The lowest BCUT2D eigenvalue weighted by Gasteiger charge is -2.42. The number of ether oxygens (including phenoxy) is 1. The van der Waals surface area contributed by atoms with Gasteiger partial charge >= 0.3 is 0 Å². The predicted molar refractivity (Wildman–Crippen MR) is 65.8 cm³/mol. The predicted octanol–water partition coefficient (Wildman–Crippen LogP) is 1.83. The Kier molecular flexibility index (Phi) is 3.16. The van der Waals surface area contributed by atoms with Crippen LogP contribution in [0.1, 0.15) is 37.4 Å². The van der Waals surface area contributed by atoms with Crippen molar-refractivity contribution in [1.29, 1.82) is 0 Å². The summed E-state index contributed by atoms with van der Waals surface area (Å²) in [4.78, 5) is 2.64. The van der Waals surface area contributed by atoms with Gasteiger partial charge in [-0.2, -0.15) is 5.10 Å². The number of rotatable bonds is 4. The molecular formula is C13H21N3O. The summed E-state index contributed by atoms with van der Waals surface area (Å²) in [6.45, 7) is 3.04. The van der Waals surface area contributed by atoms with Gasteiger partial charge in [0.2, 0.25) is 0 Å². The summed E-state index contributed by atoms with van der Waals surface area (Å²) in [5.74, 6) is 0.